The van der Waals surface area contributed by atoms with E-state index in [0.717, 1.165) is 30.9 Å². The van der Waals surface area contributed by atoms with Crippen molar-refractivity contribution < 1.29 is 4.79 Å². The van der Waals surface area contributed by atoms with Gasteiger partial charge in [-0.05, 0) is 73.3 Å². The first-order chi connectivity index (χ1) is 10.6. The van der Waals surface area contributed by atoms with Crippen LogP contribution in [0.1, 0.15) is 22.3 Å². The molecule has 5 heteroatoms. The van der Waals surface area contributed by atoms with E-state index >= 15 is 0 Å². The highest BCUT2D eigenvalue weighted by molar-refractivity contribution is 5.99. The topological polar surface area (TPSA) is 53.2 Å². The molecule has 0 bridgehead atoms. The SMILES string of the molecule is Cc1ccc(NC(=O)Nc2ccc3c(c2)CCNC3)cc1C.Cl. The number of anilines is 2. The van der Waals surface area contributed by atoms with Crippen molar-refractivity contribution in [3.05, 3.63) is 58.7 Å². The number of halogens is 1. The van der Waals surface area contributed by atoms with Gasteiger partial charge in [-0.2, -0.15) is 0 Å². The Kier molecular flexibility index (Phi) is 5.64. The van der Waals surface area contributed by atoms with Crippen molar-refractivity contribution in [1.29, 1.82) is 0 Å². The second-order valence-corrected chi connectivity index (χ2v) is 5.79. The summed E-state index contributed by atoms with van der Waals surface area (Å²) in [5.74, 6) is 0. The van der Waals surface area contributed by atoms with Gasteiger partial charge in [-0.25, -0.2) is 4.79 Å². The fourth-order valence-electron chi connectivity index (χ4n) is 2.67. The summed E-state index contributed by atoms with van der Waals surface area (Å²) in [7, 11) is 0. The summed E-state index contributed by atoms with van der Waals surface area (Å²) in [5, 5.41) is 9.12. The van der Waals surface area contributed by atoms with E-state index in [1.807, 2.05) is 31.2 Å². The zero-order chi connectivity index (χ0) is 15.5. The van der Waals surface area contributed by atoms with E-state index in [2.05, 4.69) is 35.0 Å². The molecular weight excluding hydrogens is 310 g/mol. The number of hydrogen-bond donors (Lipinski definition) is 3. The molecule has 2 aromatic rings. The predicted molar refractivity (Wildman–Crippen MR) is 97.7 cm³/mol. The number of carbonyl (C=O) groups is 1. The third kappa shape index (κ3) is 4.24. The molecule has 3 rings (SSSR count). The summed E-state index contributed by atoms with van der Waals surface area (Å²) in [6.07, 6.45) is 1.00. The van der Waals surface area contributed by atoms with E-state index < -0.39 is 0 Å². The van der Waals surface area contributed by atoms with E-state index in [9.17, 15) is 4.79 Å². The molecule has 1 aliphatic rings. The predicted octanol–water partition coefficient (Wildman–Crippen LogP) is 4.01. The van der Waals surface area contributed by atoms with Crippen molar-refractivity contribution in [3.8, 4) is 0 Å². The molecule has 0 spiro atoms. The van der Waals surface area contributed by atoms with Crippen LogP contribution in [0.4, 0.5) is 16.2 Å². The van der Waals surface area contributed by atoms with Crippen molar-refractivity contribution in [1.82, 2.24) is 5.32 Å². The van der Waals surface area contributed by atoms with Gasteiger partial charge in [0.25, 0.3) is 0 Å². The third-order valence-electron chi connectivity index (χ3n) is 4.12. The Morgan fingerprint density at radius 2 is 1.65 bits per heavy atom. The minimum atomic E-state index is -0.211. The highest BCUT2D eigenvalue weighted by Gasteiger charge is 2.10. The van der Waals surface area contributed by atoms with E-state index in [0.29, 0.717) is 0 Å². The molecule has 0 aliphatic carbocycles. The van der Waals surface area contributed by atoms with E-state index in [4.69, 9.17) is 0 Å². The van der Waals surface area contributed by atoms with Crippen LogP contribution in [0, 0.1) is 13.8 Å². The van der Waals surface area contributed by atoms with Gasteiger partial charge >= 0.3 is 6.03 Å². The Morgan fingerprint density at radius 1 is 0.957 bits per heavy atom. The van der Waals surface area contributed by atoms with E-state index in [1.165, 1.54) is 22.3 Å². The maximum absolute atomic E-state index is 12.1. The van der Waals surface area contributed by atoms with Crippen LogP contribution in [-0.4, -0.2) is 12.6 Å². The second kappa shape index (κ2) is 7.49. The van der Waals surface area contributed by atoms with Crippen molar-refractivity contribution in [2.24, 2.45) is 0 Å². The quantitative estimate of drug-likeness (QED) is 0.778. The number of benzene rings is 2. The Morgan fingerprint density at radius 3 is 2.39 bits per heavy atom. The normalized spacial score (nSPS) is 12.8. The summed E-state index contributed by atoms with van der Waals surface area (Å²) < 4.78 is 0. The van der Waals surface area contributed by atoms with E-state index in [-0.39, 0.29) is 18.4 Å². The molecule has 1 heterocycles. The monoisotopic (exact) mass is 331 g/mol. The van der Waals surface area contributed by atoms with Crippen molar-refractivity contribution >= 4 is 29.8 Å². The number of aryl methyl sites for hydroxylation is 2. The molecule has 0 atom stereocenters. The highest BCUT2D eigenvalue weighted by atomic mass is 35.5. The van der Waals surface area contributed by atoms with Crippen LogP contribution in [0.3, 0.4) is 0 Å². The van der Waals surface area contributed by atoms with Crippen molar-refractivity contribution in [2.45, 2.75) is 26.8 Å². The number of carbonyl (C=O) groups excluding carboxylic acids is 1. The third-order valence-corrected chi connectivity index (χ3v) is 4.12. The van der Waals surface area contributed by atoms with Gasteiger partial charge in [0.1, 0.15) is 0 Å². The summed E-state index contributed by atoms with van der Waals surface area (Å²) in [4.78, 5) is 12.1. The Balaban J connectivity index is 0.00000192. The van der Waals surface area contributed by atoms with Gasteiger partial charge < -0.3 is 16.0 Å². The molecule has 0 aromatic heterocycles. The zero-order valence-corrected chi connectivity index (χ0v) is 14.2. The fraction of sp³-hybridized carbons (Fsp3) is 0.278. The maximum atomic E-state index is 12.1. The first-order valence-electron chi connectivity index (χ1n) is 7.59. The zero-order valence-electron chi connectivity index (χ0n) is 13.4. The summed E-state index contributed by atoms with van der Waals surface area (Å²) in [6, 6.07) is 11.8. The minimum Gasteiger partial charge on any atom is -0.312 e. The van der Waals surface area contributed by atoms with Gasteiger partial charge in [-0.15, -0.1) is 12.4 Å². The fourth-order valence-corrected chi connectivity index (χ4v) is 2.67. The number of fused-ring (bicyclic) bond motifs is 1. The van der Waals surface area contributed by atoms with Gasteiger partial charge in [0.15, 0.2) is 0 Å². The van der Waals surface area contributed by atoms with Crippen LogP contribution >= 0.6 is 12.4 Å². The number of rotatable bonds is 2. The van der Waals surface area contributed by atoms with Gasteiger partial charge in [-0.1, -0.05) is 12.1 Å². The Bertz CT molecular complexity index is 715. The highest BCUT2D eigenvalue weighted by Crippen LogP contribution is 2.19. The molecule has 0 unspecified atom stereocenters. The Hall–Kier alpha value is -2.04. The lowest BCUT2D eigenvalue weighted by Crippen LogP contribution is -2.24. The van der Waals surface area contributed by atoms with Gasteiger partial charge in [0, 0.05) is 17.9 Å². The Labute approximate surface area is 143 Å². The molecule has 0 radical (unpaired) electrons. The summed E-state index contributed by atoms with van der Waals surface area (Å²) >= 11 is 0. The molecule has 23 heavy (non-hydrogen) atoms. The number of nitrogens with one attached hydrogen (secondary N) is 3. The van der Waals surface area contributed by atoms with Crippen LogP contribution < -0.4 is 16.0 Å². The maximum Gasteiger partial charge on any atom is 0.323 e. The molecule has 122 valence electrons. The first-order valence-corrected chi connectivity index (χ1v) is 7.59. The molecule has 0 fully saturated rings. The summed E-state index contributed by atoms with van der Waals surface area (Å²) in [5.41, 5.74) is 6.65. The number of amides is 2. The van der Waals surface area contributed by atoms with Crippen molar-refractivity contribution in [3.63, 3.8) is 0 Å². The largest absolute Gasteiger partial charge is 0.323 e. The van der Waals surface area contributed by atoms with Crippen LogP contribution in [0.5, 0.6) is 0 Å². The lowest BCUT2D eigenvalue weighted by Gasteiger charge is -2.18. The van der Waals surface area contributed by atoms with Crippen LogP contribution in [0.2, 0.25) is 0 Å². The first kappa shape index (κ1) is 17.3. The van der Waals surface area contributed by atoms with Crippen LogP contribution in [0.15, 0.2) is 36.4 Å². The van der Waals surface area contributed by atoms with Crippen LogP contribution in [-0.2, 0) is 13.0 Å². The summed E-state index contributed by atoms with van der Waals surface area (Å²) in [6.45, 7) is 5.99. The van der Waals surface area contributed by atoms with Crippen molar-refractivity contribution in [2.75, 3.05) is 17.2 Å². The average molecular weight is 332 g/mol. The minimum absolute atomic E-state index is 0. The molecule has 2 amide bonds. The smallest absolute Gasteiger partial charge is 0.312 e. The number of hydrogen-bond acceptors (Lipinski definition) is 2. The molecule has 0 saturated heterocycles. The molecule has 4 nitrogen and oxygen atoms in total. The second-order valence-electron chi connectivity index (χ2n) is 5.79. The molecule has 1 aliphatic heterocycles. The van der Waals surface area contributed by atoms with Gasteiger partial charge in [-0.3, -0.25) is 0 Å². The lowest BCUT2D eigenvalue weighted by atomic mass is 10.0. The van der Waals surface area contributed by atoms with Crippen LogP contribution in [0.25, 0.3) is 0 Å². The van der Waals surface area contributed by atoms with Gasteiger partial charge in [0.05, 0.1) is 0 Å². The lowest BCUT2D eigenvalue weighted by molar-refractivity contribution is 0.262. The molecule has 0 saturated carbocycles. The molecule has 3 N–H and O–H groups in total. The molecular formula is C18H22ClN3O. The standard InChI is InChI=1S/C18H21N3O.ClH/c1-12-3-5-16(9-13(12)2)20-18(22)21-17-6-4-15-11-19-8-7-14(15)10-17;/h3-6,9-10,19H,7-8,11H2,1-2H3,(H2,20,21,22);1H. The number of urea groups is 1. The van der Waals surface area contributed by atoms with Gasteiger partial charge in [0.2, 0.25) is 0 Å². The molecule has 2 aromatic carbocycles. The average Bonchev–Trinajstić information content (AvgIpc) is 2.51. The van der Waals surface area contributed by atoms with E-state index in [1.54, 1.807) is 0 Å².